The normalized spacial score (nSPS) is 20.8. The third kappa shape index (κ3) is 4.01. The van der Waals surface area contributed by atoms with Crippen LogP contribution in [-0.2, 0) is 21.4 Å². The first-order valence-electron chi connectivity index (χ1n) is 9.57. The highest BCUT2D eigenvalue weighted by Crippen LogP contribution is 2.36. The van der Waals surface area contributed by atoms with E-state index in [-0.39, 0.29) is 22.8 Å². The fraction of sp³-hybridized carbons (Fsp3) is 0.450. The van der Waals surface area contributed by atoms with Gasteiger partial charge in [0.2, 0.25) is 15.9 Å². The van der Waals surface area contributed by atoms with Crippen LogP contribution in [0.3, 0.4) is 0 Å². The number of anilines is 1. The third-order valence-electron chi connectivity index (χ3n) is 5.38. The lowest BCUT2D eigenvalue weighted by Gasteiger charge is -2.28. The molecule has 1 unspecified atom stereocenters. The van der Waals surface area contributed by atoms with Gasteiger partial charge in [0.25, 0.3) is 0 Å². The zero-order chi connectivity index (χ0) is 19.7. The molecule has 1 fully saturated rings. The average molecular weight is 437 g/mol. The number of fused-ring (bicyclic) bond motifs is 1. The third-order valence-corrected chi connectivity index (χ3v) is 9.46. The van der Waals surface area contributed by atoms with E-state index in [2.05, 4.69) is 5.32 Å². The lowest BCUT2D eigenvalue weighted by atomic mass is 10.2. The van der Waals surface area contributed by atoms with E-state index in [1.54, 1.807) is 39.5 Å². The Hall–Kier alpha value is -1.35. The molecular formula is C20H24N2O3S3. The molecule has 0 bridgehead atoms. The first-order chi connectivity index (χ1) is 13.4. The van der Waals surface area contributed by atoms with Gasteiger partial charge in [-0.3, -0.25) is 4.79 Å². The number of carbonyl (C=O) groups is 1. The van der Waals surface area contributed by atoms with Gasteiger partial charge in [-0.05, 0) is 42.5 Å². The molecule has 2 aliphatic rings. The lowest BCUT2D eigenvalue weighted by Crippen LogP contribution is -2.38. The molecule has 5 nitrogen and oxygen atoms in total. The molecule has 1 aromatic heterocycles. The largest absolute Gasteiger partial charge is 0.325 e. The summed E-state index contributed by atoms with van der Waals surface area (Å²) in [6.45, 7) is 2.29. The Labute approximate surface area is 174 Å². The van der Waals surface area contributed by atoms with E-state index in [1.807, 2.05) is 30.5 Å². The van der Waals surface area contributed by atoms with Gasteiger partial charge >= 0.3 is 0 Å². The Morgan fingerprint density at radius 1 is 1.21 bits per heavy atom. The molecule has 1 amide bonds. The number of benzene rings is 1. The Bertz CT molecular complexity index is 951. The predicted octanol–water partition coefficient (Wildman–Crippen LogP) is 4.56. The van der Waals surface area contributed by atoms with Crippen molar-refractivity contribution in [2.24, 2.45) is 5.92 Å². The molecule has 1 aromatic carbocycles. The number of hydrogen-bond acceptors (Lipinski definition) is 5. The summed E-state index contributed by atoms with van der Waals surface area (Å²) in [5, 5.41) is 4.88. The average Bonchev–Trinajstić information content (AvgIpc) is 3.36. The molecule has 1 saturated carbocycles. The van der Waals surface area contributed by atoms with Crippen molar-refractivity contribution in [2.75, 3.05) is 11.1 Å². The van der Waals surface area contributed by atoms with Crippen LogP contribution in [0.2, 0.25) is 0 Å². The monoisotopic (exact) mass is 436 g/mol. The Morgan fingerprint density at radius 3 is 2.71 bits per heavy atom. The smallest absolute Gasteiger partial charge is 0.243 e. The predicted molar refractivity (Wildman–Crippen MR) is 114 cm³/mol. The highest BCUT2D eigenvalue weighted by molar-refractivity contribution is 7.99. The maximum Gasteiger partial charge on any atom is 0.243 e. The SMILES string of the molecule is CC1CSc2ccc(S(=O)(=O)N(Cc3cccs3)C3CCCC3)cc2NC1=O. The molecular weight excluding hydrogens is 412 g/mol. The molecule has 0 radical (unpaired) electrons. The van der Waals surface area contributed by atoms with E-state index in [4.69, 9.17) is 0 Å². The fourth-order valence-corrected chi connectivity index (χ4v) is 7.22. The molecule has 8 heteroatoms. The van der Waals surface area contributed by atoms with Crippen LogP contribution < -0.4 is 5.32 Å². The van der Waals surface area contributed by atoms with Crippen LogP contribution in [0.25, 0.3) is 0 Å². The Balaban J connectivity index is 1.69. The second kappa shape index (κ2) is 8.18. The number of sulfonamides is 1. The summed E-state index contributed by atoms with van der Waals surface area (Å²) >= 11 is 3.17. The van der Waals surface area contributed by atoms with Gasteiger partial charge in [-0.1, -0.05) is 25.8 Å². The highest BCUT2D eigenvalue weighted by atomic mass is 32.2. The zero-order valence-electron chi connectivity index (χ0n) is 15.8. The van der Waals surface area contributed by atoms with E-state index in [0.29, 0.717) is 18.0 Å². The van der Waals surface area contributed by atoms with Gasteiger partial charge in [0.1, 0.15) is 0 Å². The zero-order valence-corrected chi connectivity index (χ0v) is 18.2. The van der Waals surface area contributed by atoms with Crippen molar-refractivity contribution in [1.82, 2.24) is 4.31 Å². The molecule has 150 valence electrons. The summed E-state index contributed by atoms with van der Waals surface area (Å²) in [5.74, 6) is 0.524. The number of hydrogen-bond donors (Lipinski definition) is 1. The summed E-state index contributed by atoms with van der Waals surface area (Å²) in [6, 6.07) is 9.11. The molecule has 1 aliphatic carbocycles. The second-order valence-electron chi connectivity index (χ2n) is 7.43. The number of thioether (sulfide) groups is 1. The quantitative estimate of drug-likeness (QED) is 0.746. The molecule has 28 heavy (non-hydrogen) atoms. The molecule has 0 saturated heterocycles. The number of nitrogens with zero attached hydrogens (tertiary/aromatic N) is 1. The van der Waals surface area contributed by atoms with E-state index in [1.165, 1.54) is 0 Å². The second-order valence-corrected chi connectivity index (χ2v) is 11.4. The molecule has 1 atom stereocenters. The van der Waals surface area contributed by atoms with Crippen LogP contribution in [0.1, 0.15) is 37.5 Å². The minimum absolute atomic E-state index is 0.0369. The summed E-state index contributed by atoms with van der Waals surface area (Å²) < 4.78 is 28.8. The number of rotatable bonds is 5. The van der Waals surface area contributed by atoms with Crippen LogP contribution in [0.4, 0.5) is 5.69 Å². The molecule has 1 aliphatic heterocycles. The molecule has 1 N–H and O–H groups in total. The fourth-order valence-electron chi connectivity index (χ4n) is 3.73. The Kier molecular flexibility index (Phi) is 5.83. The topological polar surface area (TPSA) is 66.5 Å². The van der Waals surface area contributed by atoms with Gasteiger partial charge in [-0.2, -0.15) is 4.31 Å². The number of nitrogens with one attached hydrogen (secondary N) is 1. The van der Waals surface area contributed by atoms with Crippen molar-refractivity contribution in [3.63, 3.8) is 0 Å². The number of carbonyl (C=O) groups excluding carboxylic acids is 1. The van der Waals surface area contributed by atoms with Gasteiger partial charge in [-0.25, -0.2) is 8.42 Å². The molecule has 4 rings (SSSR count). The van der Waals surface area contributed by atoms with Crippen molar-refractivity contribution in [3.8, 4) is 0 Å². The van der Waals surface area contributed by atoms with E-state index >= 15 is 0 Å². The minimum atomic E-state index is -3.66. The molecule has 2 aromatic rings. The van der Waals surface area contributed by atoms with Crippen molar-refractivity contribution in [1.29, 1.82) is 0 Å². The van der Waals surface area contributed by atoms with Crippen molar-refractivity contribution in [2.45, 2.75) is 55.0 Å². The standard InChI is InChI=1S/C20H24N2O3S3/c1-14-13-27-19-9-8-17(11-18(19)21-20(14)23)28(24,25)22(15-5-2-3-6-15)12-16-7-4-10-26-16/h4,7-11,14-15H,2-3,5-6,12-13H2,1H3,(H,21,23). The van der Waals surface area contributed by atoms with Crippen LogP contribution in [0.15, 0.2) is 45.5 Å². The summed E-state index contributed by atoms with van der Waals surface area (Å²) in [7, 11) is -3.66. The molecule has 2 heterocycles. The van der Waals surface area contributed by atoms with Crippen LogP contribution >= 0.6 is 23.1 Å². The van der Waals surface area contributed by atoms with Gasteiger partial charge in [0, 0.05) is 34.0 Å². The van der Waals surface area contributed by atoms with Crippen LogP contribution in [-0.4, -0.2) is 30.4 Å². The maximum absolute atomic E-state index is 13.6. The summed E-state index contributed by atoms with van der Waals surface area (Å²) in [5.41, 5.74) is 0.600. The van der Waals surface area contributed by atoms with E-state index in [0.717, 1.165) is 35.5 Å². The number of thiophene rings is 1. The minimum Gasteiger partial charge on any atom is -0.325 e. The Morgan fingerprint density at radius 2 is 2.00 bits per heavy atom. The first-order valence-corrected chi connectivity index (χ1v) is 12.9. The van der Waals surface area contributed by atoms with Gasteiger partial charge < -0.3 is 5.32 Å². The summed E-state index contributed by atoms with van der Waals surface area (Å²) in [4.78, 5) is 14.4. The molecule has 0 spiro atoms. The van der Waals surface area contributed by atoms with E-state index < -0.39 is 10.0 Å². The maximum atomic E-state index is 13.6. The van der Waals surface area contributed by atoms with Gasteiger partial charge in [-0.15, -0.1) is 23.1 Å². The summed E-state index contributed by atoms with van der Waals surface area (Å²) in [6.07, 6.45) is 3.94. The first kappa shape index (κ1) is 19.9. The van der Waals surface area contributed by atoms with Crippen LogP contribution in [0.5, 0.6) is 0 Å². The lowest BCUT2D eigenvalue weighted by molar-refractivity contribution is -0.118. The van der Waals surface area contributed by atoms with Crippen LogP contribution in [0, 0.1) is 5.92 Å². The van der Waals surface area contributed by atoms with E-state index in [9.17, 15) is 13.2 Å². The van der Waals surface area contributed by atoms with Crippen molar-refractivity contribution < 1.29 is 13.2 Å². The van der Waals surface area contributed by atoms with Gasteiger partial charge in [0.05, 0.1) is 10.6 Å². The van der Waals surface area contributed by atoms with Crippen molar-refractivity contribution in [3.05, 3.63) is 40.6 Å². The highest BCUT2D eigenvalue weighted by Gasteiger charge is 2.34. The van der Waals surface area contributed by atoms with Gasteiger partial charge in [0.15, 0.2) is 0 Å². The van der Waals surface area contributed by atoms with Crippen molar-refractivity contribution >= 4 is 44.7 Å². The number of amides is 1.